The highest BCUT2D eigenvalue weighted by Crippen LogP contribution is 2.14. The zero-order chi connectivity index (χ0) is 35.4. The summed E-state index contributed by atoms with van der Waals surface area (Å²) in [4.78, 5) is 34.4. The van der Waals surface area contributed by atoms with Crippen LogP contribution < -0.4 is 22.2 Å². The number of nitrogens with one attached hydrogen (secondary N) is 2. The Kier molecular flexibility index (Phi) is 36.8. The van der Waals surface area contributed by atoms with Crippen LogP contribution >= 0.6 is 11.8 Å². The van der Waals surface area contributed by atoms with Crippen LogP contribution in [0.2, 0.25) is 0 Å². The number of nitrogens with zero attached hydrogens (tertiary/aromatic N) is 1. The minimum Gasteiger partial charge on any atom is -0.480 e. The second-order valence-corrected chi connectivity index (χ2v) is 10.7. The van der Waals surface area contributed by atoms with E-state index in [1.165, 1.54) is 18.3 Å². The van der Waals surface area contributed by atoms with Crippen molar-refractivity contribution in [3.63, 3.8) is 0 Å². The highest BCUT2D eigenvalue weighted by molar-refractivity contribution is 8.00. The van der Waals surface area contributed by atoms with Gasteiger partial charge in [-0.25, -0.2) is 5.84 Å². The lowest BCUT2D eigenvalue weighted by Crippen LogP contribution is -2.37. The van der Waals surface area contributed by atoms with Crippen LogP contribution in [-0.2, 0) is 47.5 Å². The van der Waals surface area contributed by atoms with Crippen molar-refractivity contribution in [1.29, 1.82) is 0 Å². The zero-order valence-corrected chi connectivity index (χ0v) is 29.6. The molecule has 0 aliphatic carbocycles. The third-order valence-corrected chi connectivity index (χ3v) is 6.79. The van der Waals surface area contributed by atoms with Crippen molar-refractivity contribution in [2.45, 2.75) is 44.9 Å². The normalized spacial score (nSPS) is 12.6. The Morgan fingerprint density at radius 2 is 1.23 bits per heavy atom. The fraction of sp³-hybridized carbons (Fsp3) is 0.833. The summed E-state index contributed by atoms with van der Waals surface area (Å²) in [6.07, 6.45) is 3.02. The van der Waals surface area contributed by atoms with E-state index in [1.807, 2.05) is 13.8 Å². The average molecular weight is 700 g/mol. The molecule has 0 heterocycles. The van der Waals surface area contributed by atoms with Crippen molar-refractivity contribution < 1.29 is 52.6 Å². The van der Waals surface area contributed by atoms with Gasteiger partial charge in [0.2, 0.25) is 5.91 Å². The molecule has 2 unspecified atom stereocenters. The molecule has 16 nitrogen and oxygen atoms in total. The molecule has 0 bridgehead atoms. The largest absolute Gasteiger partial charge is 0.480 e. The molecule has 0 spiro atoms. The summed E-state index contributed by atoms with van der Waals surface area (Å²) in [5.41, 5.74) is 6.22. The quantitative estimate of drug-likeness (QED) is 0.0258. The Morgan fingerprint density at radius 3 is 1.62 bits per heavy atom. The number of rotatable bonds is 34. The first-order valence-corrected chi connectivity index (χ1v) is 17.1. The fourth-order valence-corrected chi connectivity index (χ4v) is 4.26. The molecule has 0 aliphatic rings. The molecule has 7 N–H and O–H groups in total. The number of hydrogen-bond donors (Lipinski definition) is 5. The number of carboxylic acid groups (broad SMARTS) is 1. The minimum atomic E-state index is -1.03. The highest BCUT2D eigenvalue weighted by Gasteiger charge is 2.20. The molecule has 0 aromatic carbocycles. The van der Waals surface area contributed by atoms with Gasteiger partial charge in [-0.3, -0.25) is 9.59 Å². The molecule has 1 amide bonds. The molecule has 0 saturated heterocycles. The summed E-state index contributed by atoms with van der Waals surface area (Å²) >= 11 is 1.09. The fourth-order valence-electron chi connectivity index (χ4n) is 3.16. The third kappa shape index (κ3) is 33.6. The summed E-state index contributed by atoms with van der Waals surface area (Å²) in [7, 11) is 1.52. The van der Waals surface area contributed by atoms with Gasteiger partial charge in [0.25, 0.3) is 0 Å². The summed E-state index contributed by atoms with van der Waals surface area (Å²) in [6.45, 7) is 13.5. The smallest absolute Gasteiger partial charge is 0.321 e. The maximum Gasteiger partial charge on any atom is 0.321 e. The molecule has 0 aromatic heterocycles. The van der Waals surface area contributed by atoms with Crippen LogP contribution in [0.15, 0.2) is 11.9 Å². The number of carboxylic acids is 1. The molecule has 0 aliphatic heterocycles. The first kappa shape index (κ1) is 47.1. The maximum atomic E-state index is 12.1. The van der Waals surface area contributed by atoms with E-state index in [4.69, 9.17) is 49.8 Å². The van der Waals surface area contributed by atoms with Crippen molar-refractivity contribution in [2.75, 3.05) is 118 Å². The second kappa shape index (κ2) is 36.8. The molecule has 278 valence electrons. The summed E-state index contributed by atoms with van der Waals surface area (Å²) in [6, 6.07) is -0.808. The average Bonchev–Trinajstić information content (AvgIpc) is 3.06. The van der Waals surface area contributed by atoms with Crippen LogP contribution in [0, 0.1) is 0 Å². The summed E-state index contributed by atoms with van der Waals surface area (Å²) < 4.78 is 38.0. The lowest BCUT2D eigenvalue weighted by molar-refractivity contribution is -0.138. The molecule has 0 rings (SSSR count). The van der Waals surface area contributed by atoms with Crippen LogP contribution in [0.4, 0.5) is 0 Å². The molecular formula is C30H61N5O11S. The SMILES string of the molecule is CC.CCCOCCOCCOCCOCCOCCOCCOCCN(N)/C=C(\N)CNC(=O)CC(C=O)SCC(NC)C(=O)O. The number of nitrogens with two attached hydrogens (primary N) is 2. The molecular weight excluding hydrogens is 638 g/mol. The molecule has 17 heteroatoms. The van der Waals surface area contributed by atoms with Crippen LogP contribution in [0.25, 0.3) is 0 Å². The molecule has 0 fully saturated rings. The number of ether oxygens (including phenoxy) is 7. The Balaban J connectivity index is 0. The number of carbonyl (C=O) groups is 3. The lowest BCUT2D eigenvalue weighted by Gasteiger charge is -2.16. The van der Waals surface area contributed by atoms with Crippen molar-refractivity contribution in [2.24, 2.45) is 11.6 Å². The zero-order valence-electron chi connectivity index (χ0n) is 28.8. The van der Waals surface area contributed by atoms with Crippen molar-refractivity contribution in [3.05, 3.63) is 11.9 Å². The van der Waals surface area contributed by atoms with Gasteiger partial charge in [-0.1, -0.05) is 20.8 Å². The van der Waals surface area contributed by atoms with Gasteiger partial charge in [0, 0.05) is 30.7 Å². The van der Waals surface area contributed by atoms with Crippen molar-refractivity contribution in [3.8, 4) is 0 Å². The molecule has 0 saturated carbocycles. The van der Waals surface area contributed by atoms with E-state index >= 15 is 0 Å². The van der Waals surface area contributed by atoms with Crippen molar-refractivity contribution >= 4 is 29.9 Å². The van der Waals surface area contributed by atoms with Gasteiger partial charge in [0.05, 0.1) is 104 Å². The topological polar surface area (TPSA) is 215 Å². The van der Waals surface area contributed by atoms with Crippen LogP contribution in [-0.4, -0.2) is 158 Å². The van der Waals surface area contributed by atoms with E-state index in [2.05, 4.69) is 17.6 Å². The number of hydrazine groups is 1. The molecule has 2 atom stereocenters. The molecule has 0 aromatic rings. The number of aliphatic carboxylic acids is 1. The van der Waals surface area contributed by atoms with E-state index in [0.717, 1.165) is 24.8 Å². The first-order chi connectivity index (χ1) is 22.8. The number of carbonyl (C=O) groups excluding carboxylic acids is 2. The van der Waals surface area contributed by atoms with Gasteiger partial charge in [-0.2, -0.15) is 0 Å². The highest BCUT2D eigenvalue weighted by atomic mass is 32.2. The van der Waals surface area contributed by atoms with Crippen LogP contribution in [0.5, 0.6) is 0 Å². The van der Waals surface area contributed by atoms with Gasteiger partial charge in [-0.05, 0) is 13.5 Å². The molecule has 0 radical (unpaired) electrons. The summed E-state index contributed by atoms with van der Waals surface area (Å²) in [5, 5.41) is 15.0. The Bertz CT molecular complexity index is 772. The predicted molar refractivity (Wildman–Crippen MR) is 181 cm³/mol. The standard InChI is InChI=1S/C28H55N5O11S.C2H6/c1-3-5-38-7-9-40-11-13-42-15-17-44-18-16-43-14-12-41-10-8-39-6-4-33(30)21-24(29)20-32-27(35)19-25(22-34)45-23-26(31-2)28(36)37;1-2/h21-22,25-26,31H,3-20,23,29-30H2,1-2H3,(H,32,35)(H,36,37);1-2H3/b24-21-;. The third-order valence-electron chi connectivity index (χ3n) is 5.56. The number of aldehydes is 1. The minimum absolute atomic E-state index is 0.0420. The number of thioether (sulfide) groups is 1. The van der Waals surface area contributed by atoms with Gasteiger partial charge in [0.15, 0.2) is 0 Å². The Hall–Kier alpha value is -2.06. The Morgan fingerprint density at radius 1 is 0.809 bits per heavy atom. The van der Waals surface area contributed by atoms with E-state index in [0.29, 0.717) is 104 Å². The molecule has 47 heavy (non-hydrogen) atoms. The number of hydrogen-bond acceptors (Lipinski definition) is 15. The number of likely N-dealkylation sites (N-methyl/N-ethyl adjacent to an activating group) is 1. The van der Waals surface area contributed by atoms with Crippen LogP contribution in [0.1, 0.15) is 33.6 Å². The summed E-state index contributed by atoms with van der Waals surface area (Å²) in [5.74, 6) is 4.62. The Labute approximate surface area is 284 Å². The predicted octanol–water partition coefficient (Wildman–Crippen LogP) is -0.00580. The van der Waals surface area contributed by atoms with Gasteiger partial charge < -0.3 is 64.4 Å². The maximum absolute atomic E-state index is 12.1. The van der Waals surface area contributed by atoms with Gasteiger partial charge >= 0.3 is 5.97 Å². The lowest BCUT2D eigenvalue weighted by atomic mass is 10.3. The second-order valence-electron chi connectivity index (χ2n) is 9.40. The van der Waals surface area contributed by atoms with E-state index in [1.54, 1.807) is 0 Å². The first-order valence-electron chi connectivity index (χ1n) is 16.1. The number of amides is 1. The van der Waals surface area contributed by atoms with Gasteiger partial charge in [0.1, 0.15) is 12.3 Å². The van der Waals surface area contributed by atoms with E-state index in [9.17, 15) is 14.4 Å². The van der Waals surface area contributed by atoms with Crippen molar-refractivity contribution in [1.82, 2.24) is 15.6 Å². The van der Waals surface area contributed by atoms with Gasteiger partial charge in [-0.15, -0.1) is 11.8 Å². The van der Waals surface area contributed by atoms with E-state index < -0.39 is 17.3 Å². The van der Waals surface area contributed by atoms with Crippen LogP contribution in [0.3, 0.4) is 0 Å². The monoisotopic (exact) mass is 699 g/mol. The van der Waals surface area contributed by atoms with E-state index in [-0.39, 0.29) is 24.6 Å².